The molecule has 0 saturated carbocycles. The molecule has 3 rings (SSSR count). The van der Waals surface area contributed by atoms with E-state index in [4.69, 9.17) is 11.6 Å². The van der Waals surface area contributed by atoms with Crippen LogP contribution >= 0.6 is 11.6 Å². The van der Waals surface area contributed by atoms with Gasteiger partial charge in [0.2, 0.25) is 11.8 Å². The smallest absolute Gasteiger partial charge is 0.271 e. The van der Waals surface area contributed by atoms with Gasteiger partial charge in [-0.3, -0.25) is 19.7 Å². The number of anilines is 3. The normalized spacial score (nSPS) is 14.6. The molecule has 2 amide bonds. The molecule has 2 aromatic carbocycles. The van der Waals surface area contributed by atoms with Crippen molar-refractivity contribution in [1.29, 1.82) is 0 Å². The van der Waals surface area contributed by atoms with Gasteiger partial charge in [0, 0.05) is 36.5 Å². The molecule has 28 heavy (non-hydrogen) atoms. The fraction of sp³-hybridized carbons (Fsp3) is 0.263. The van der Waals surface area contributed by atoms with Crippen molar-refractivity contribution >= 4 is 46.2 Å². The number of hydrogen-bond donors (Lipinski definition) is 2. The SMILES string of the molecule is C[C@H](Nc1ccc(N2CCCC2=O)c(Cl)c1)C(=O)Nc1cccc([N+](=O)[O-])c1. The van der Waals surface area contributed by atoms with E-state index in [0.29, 0.717) is 35.1 Å². The Bertz CT molecular complexity index is 934. The van der Waals surface area contributed by atoms with Gasteiger partial charge in [0.1, 0.15) is 6.04 Å². The van der Waals surface area contributed by atoms with Crippen LogP contribution in [0.3, 0.4) is 0 Å². The van der Waals surface area contributed by atoms with Gasteiger partial charge < -0.3 is 15.5 Å². The molecule has 1 atom stereocenters. The van der Waals surface area contributed by atoms with E-state index in [1.807, 2.05) is 0 Å². The van der Waals surface area contributed by atoms with Gasteiger partial charge >= 0.3 is 0 Å². The molecular weight excluding hydrogens is 384 g/mol. The van der Waals surface area contributed by atoms with Crippen molar-refractivity contribution in [3.63, 3.8) is 0 Å². The first-order valence-electron chi connectivity index (χ1n) is 8.77. The van der Waals surface area contributed by atoms with Crippen molar-refractivity contribution in [2.24, 2.45) is 0 Å². The number of nitrogens with one attached hydrogen (secondary N) is 2. The number of benzene rings is 2. The van der Waals surface area contributed by atoms with Crippen LogP contribution in [0.5, 0.6) is 0 Å². The summed E-state index contributed by atoms with van der Waals surface area (Å²) in [5.74, 6) is -0.303. The van der Waals surface area contributed by atoms with E-state index in [1.165, 1.54) is 18.2 Å². The second kappa shape index (κ2) is 8.26. The third-order valence-electron chi connectivity index (χ3n) is 4.41. The summed E-state index contributed by atoms with van der Waals surface area (Å²) in [6, 6.07) is 10.3. The van der Waals surface area contributed by atoms with Crippen molar-refractivity contribution < 1.29 is 14.5 Å². The minimum absolute atomic E-state index is 0.0484. The lowest BCUT2D eigenvalue weighted by Gasteiger charge is -2.20. The number of nitrogens with zero attached hydrogens (tertiary/aromatic N) is 2. The Morgan fingerprint density at radius 2 is 2.04 bits per heavy atom. The molecule has 0 aromatic heterocycles. The quantitative estimate of drug-likeness (QED) is 0.564. The molecule has 1 fully saturated rings. The van der Waals surface area contributed by atoms with Crippen molar-refractivity contribution in [1.82, 2.24) is 0 Å². The molecule has 1 aliphatic heterocycles. The van der Waals surface area contributed by atoms with Gasteiger partial charge in [-0.1, -0.05) is 17.7 Å². The van der Waals surface area contributed by atoms with E-state index in [1.54, 1.807) is 36.1 Å². The molecule has 0 aliphatic carbocycles. The Morgan fingerprint density at radius 3 is 2.68 bits per heavy atom. The first kappa shape index (κ1) is 19.6. The predicted octanol–water partition coefficient (Wildman–Crippen LogP) is 3.81. The largest absolute Gasteiger partial charge is 0.374 e. The monoisotopic (exact) mass is 402 g/mol. The molecule has 1 heterocycles. The van der Waals surface area contributed by atoms with E-state index in [0.717, 1.165) is 6.42 Å². The summed E-state index contributed by atoms with van der Waals surface area (Å²) in [7, 11) is 0. The molecule has 9 heteroatoms. The summed E-state index contributed by atoms with van der Waals surface area (Å²) in [5.41, 5.74) is 1.52. The fourth-order valence-electron chi connectivity index (χ4n) is 2.98. The minimum atomic E-state index is -0.616. The average Bonchev–Trinajstić information content (AvgIpc) is 3.07. The molecule has 146 valence electrons. The fourth-order valence-corrected chi connectivity index (χ4v) is 3.26. The molecule has 8 nitrogen and oxygen atoms in total. The van der Waals surface area contributed by atoms with E-state index in [-0.39, 0.29) is 17.5 Å². The van der Waals surface area contributed by atoms with Gasteiger partial charge in [-0.25, -0.2) is 0 Å². The van der Waals surface area contributed by atoms with Gasteiger partial charge in [0.25, 0.3) is 5.69 Å². The second-order valence-electron chi connectivity index (χ2n) is 6.48. The minimum Gasteiger partial charge on any atom is -0.374 e. The predicted molar refractivity (Wildman–Crippen MR) is 108 cm³/mol. The first-order valence-corrected chi connectivity index (χ1v) is 9.15. The zero-order chi connectivity index (χ0) is 20.3. The number of amides is 2. The van der Waals surface area contributed by atoms with Crippen LogP contribution < -0.4 is 15.5 Å². The van der Waals surface area contributed by atoms with Gasteiger partial charge in [-0.2, -0.15) is 0 Å². The zero-order valence-electron chi connectivity index (χ0n) is 15.1. The van der Waals surface area contributed by atoms with Gasteiger partial charge in [-0.15, -0.1) is 0 Å². The maximum absolute atomic E-state index is 12.4. The number of non-ortho nitro benzene ring substituents is 1. The highest BCUT2D eigenvalue weighted by molar-refractivity contribution is 6.34. The molecule has 2 N–H and O–H groups in total. The molecule has 0 radical (unpaired) electrons. The van der Waals surface area contributed by atoms with Crippen LogP contribution in [0.15, 0.2) is 42.5 Å². The molecule has 0 bridgehead atoms. The highest BCUT2D eigenvalue weighted by Gasteiger charge is 2.24. The van der Waals surface area contributed by atoms with Crippen molar-refractivity contribution in [2.75, 3.05) is 22.1 Å². The van der Waals surface area contributed by atoms with E-state index in [9.17, 15) is 19.7 Å². The number of carbonyl (C=O) groups excluding carboxylic acids is 2. The number of carbonyl (C=O) groups is 2. The molecule has 0 unspecified atom stereocenters. The van der Waals surface area contributed by atoms with Crippen LogP contribution in [-0.2, 0) is 9.59 Å². The van der Waals surface area contributed by atoms with Gasteiger partial charge in [0.05, 0.1) is 15.6 Å². The summed E-state index contributed by atoms with van der Waals surface area (Å²) < 4.78 is 0. The number of rotatable bonds is 6. The standard InChI is InChI=1S/C19H19ClN4O4/c1-12(19(26)22-13-4-2-5-15(10-13)24(27)28)21-14-7-8-17(16(20)11-14)23-9-3-6-18(23)25/h2,4-5,7-8,10-12,21H,3,6,9H2,1H3,(H,22,26)/t12-/m0/s1. The van der Waals surface area contributed by atoms with Crippen LogP contribution in [0.4, 0.5) is 22.7 Å². The van der Waals surface area contributed by atoms with Crippen LogP contribution in [0, 0.1) is 10.1 Å². The van der Waals surface area contributed by atoms with Crippen LogP contribution in [0.25, 0.3) is 0 Å². The Balaban J connectivity index is 1.65. The molecule has 1 saturated heterocycles. The third kappa shape index (κ3) is 4.40. The number of hydrogen-bond acceptors (Lipinski definition) is 5. The highest BCUT2D eigenvalue weighted by atomic mass is 35.5. The Kier molecular flexibility index (Phi) is 5.79. The van der Waals surface area contributed by atoms with Crippen LogP contribution in [-0.4, -0.2) is 29.3 Å². The highest BCUT2D eigenvalue weighted by Crippen LogP contribution is 2.32. The first-order chi connectivity index (χ1) is 13.3. The molecule has 0 spiro atoms. The Morgan fingerprint density at radius 1 is 1.25 bits per heavy atom. The molecule has 1 aliphatic rings. The lowest BCUT2D eigenvalue weighted by Crippen LogP contribution is -2.32. The lowest BCUT2D eigenvalue weighted by atomic mass is 10.2. The lowest BCUT2D eigenvalue weighted by molar-refractivity contribution is -0.384. The summed E-state index contributed by atoms with van der Waals surface area (Å²) in [6.45, 7) is 2.31. The Labute approximate surface area is 166 Å². The number of nitro benzene ring substituents is 1. The summed E-state index contributed by atoms with van der Waals surface area (Å²) >= 11 is 6.32. The van der Waals surface area contributed by atoms with E-state index < -0.39 is 11.0 Å². The average molecular weight is 403 g/mol. The second-order valence-corrected chi connectivity index (χ2v) is 6.89. The summed E-state index contributed by atoms with van der Waals surface area (Å²) in [5, 5.41) is 16.9. The van der Waals surface area contributed by atoms with Crippen molar-refractivity contribution in [3.05, 3.63) is 57.6 Å². The van der Waals surface area contributed by atoms with Crippen LogP contribution in [0.2, 0.25) is 5.02 Å². The summed E-state index contributed by atoms with van der Waals surface area (Å²) in [6.07, 6.45) is 1.33. The van der Waals surface area contributed by atoms with Crippen molar-refractivity contribution in [2.45, 2.75) is 25.8 Å². The van der Waals surface area contributed by atoms with Gasteiger partial charge in [-0.05, 0) is 37.6 Å². The number of halogens is 1. The maximum atomic E-state index is 12.4. The van der Waals surface area contributed by atoms with E-state index >= 15 is 0 Å². The van der Waals surface area contributed by atoms with Crippen LogP contribution in [0.1, 0.15) is 19.8 Å². The topological polar surface area (TPSA) is 105 Å². The number of nitro groups is 1. The van der Waals surface area contributed by atoms with Gasteiger partial charge in [0.15, 0.2) is 0 Å². The molecule has 2 aromatic rings. The van der Waals surface area contributed by atoms with E-state index in [2.05, 4.69) is 10.6 Å². The van der Waals surface area contributed by atoms with Crippen molar-refractivity contribution in [3.8, 4) is 0 Å². The maximum Gasteiger partial charge on any atom is 0.271 e. The summed E-state index contributed by atoms with van der Waals surface area (Å²) in [4.78, 5) is 36.2. The Hall–Kier alpha value is -3.13. The third-order valence-corrected chi connectivity index (χ3v) is 4.72. The zero-order valence-corrected chi connectivity index (χ0v) is 15.9. The molecular formula is C19H19ClN4O4.